The number of hydrogen-bond acceptors (Lipinski definition) is 2. The van der Waals surface area contributed by atoms with E-state index in [4.69, 9.17) is 9.97 Å². The summed E-state index contributed by atoms with van der Waals surface area (Å²) in [4.78, 5) is 9.79. The number of aromatic nitrogens is 3. The molecular weight excluding hydrogens is 490 g/mol. The molecule has 0 aliphatic carbocycles. The average molecular weight is 505 g/mol. The Morgan fingerprint density at radius 2 is 1.34 bits per heavy atom. The Bertz CT molecular complexity index is 1290. The summed E-state index contributed by atoms with van der Waals surface area (Å²) in [6.45, 7) is 0. The molecule has 3 nitrogen and oxygen atoms in total. The van der Waals surface area contributed by atoms with Crippen molar-refractivity contribution in [3.63, 3.8) is 0 Å². The van der Waals surface area contributed by atoms with Crippen LogP contribution in [-0.2, 0) is 0 Å². The second-order valence-corrected chi connectivity index (χ2v) is 8.49. The molecule has 0 amide bonds. The second-order valence-electron chi connectivity index (χ2n) is 6.66. The summed E-state index contributed by atoms with van der Waals surface area (Å²) in [7, 11) is 0. The van der Waals surface area contributed by atoms with Gasteiger partial charge in [-0.3, -0.25) is 4.57 Å². The van der Waals surface area contributed by atoms with E-state index in [1.165, 1.54) is 0 Å². The minimum absolute atomic E-state index is 0.837. The van der Waals surface area contributed by atoms with Crippen LogP contribution in [0.25, 0.3) is 39.4 Å². The Labute approximate surface area is 185 Å². The van der Waals surface area contributed by atoms with E-state index in [2.05, 4.69) is 72.8 Å². The van der Waals surface area contributed by atoms with Crippen molar-refractivity contribution in [2.45, 2.75) is 0 Å². The molecule has 0 atom stereocenters. The van der Waals surface area contributed by atoms with E-state index >= 15 is 0 Å². The monoisotopic (exact) mass is 503 g/mol. The van der Waals surface area contributed by atoms with Crippen molar-refractivity contribution in [3.8, 4) is 28.2 Å². The Kier molecular flexibility index (Phi) is 4.78. The molecule has 5 heteroatoms. The van der Waals surface area contributed by atoms with Crippen LogP contribution in [0.15, 0.2) is 100 Å². The Morgan fingerprint density at radius 3 is 2.03 bits per heavy atom. The molecule has 0 bridgehead atoms. The predicted octanol–water partition coefficient (Wildman–Crippen LogP) is 7.28. The van der Waals surface area contributed by atoms with Crippen LogP contribution in [-0.4, -0.2) is 14.5 Å². The number of para-hydroxylation sites is 1. The number of benzene rings is 3. The van der Waals surface area contributed by atoms with Gasteiger partial charge in [-0.15, -0.1) is 0 Å². The summed E-state index contributed by atoms with van der Waals surface area (Å²) < 4.78 is 4.10. The quantitative estimate of drug-likeness (QED) is 0.258. The fourth-order valence-corrected chi connectivity index (χ4v) is 4.82. The number of rotatable bonds is 3. The van der Waals surface area contributed by atoms with Gasteiger partial charge in [0.2, 0.25) is 0 Å². The molecule has 2 heterocycles. The smallest absolute Gasteiger partial charge is 0.165 e. The summed E-state index contributed by atoms with van der Waals surface area (Å²) in [6.07, 6.45) is 1.85. The molecule has 0 N–H and O–H groups in total. The van der Waals surface area contributed by atoms with Crippen molar-refractivity contribution in [3.05, 3.63) is 100 Å². The number of fused-ring (bicyclic) bond motifs is 1. The van der Waals surface area contributed by atoms with Crippen LogP contribution >= 0.6 is 31.9 Å². The van der Waals surface area contributed by atoms with Crippen molar-refractivity contribution < 1.29 is 0 Å². The Morgan fingerprint density at radius 1 is 0.690 bits per heavy atom. The molecule has 0 saturated heterocycles. The Balaban J connectivity index is 1.87. The third-order valence-electron chi connectivity index (χ3n) is 4.77. The van der Waals surface area contributed by atoms with E-state index in [1.54, 1.807) is 0 Å². The van der Waals surface area contributed by atoms with Gasteiger partial charge in [0.05, 0.1) is 0 Å². The van der Waals surface area contributed by atoms with Crippen molar-refractivity contribution in [1.82, 2.24) is 14.5 Å². The van der Waals surface area contributed by atoms with E-state index in [-0.39, 0.29) is 0 Å². The van der Waals surface area contributed by atoms with Crippen LogP contribution in [0.4, 0.5) is 0 Å². The first-order valence-electron chi connectivity index (χ1n) is 9.15. The molecule has 3 aromatic carbocycles. The summed E-state index contributed by atoms with van der Waals surface area (Å²) >= 11 is 7.21. The van der Waals surface area contributed by atoms with Crippen LogP contribution in [0, 0.1) is 0 Å². The zero-order valence-electron chi connectivity index (χ0n) is 15.3. The van der Waals surface area contributed by atoms with Gasteiger partial charge in [-0.05, 0) is 42.0 Å². The van der Waals surface area contributed by atoms with E-state index in [1.807, 2.05) is 54.7 Å². The van der Waals surface area contributed by atoms with Gasteiger partial charge < -0.3 is 0 Å². The second kappa shape index (κ2) is 7.58. The molecule has 29 heavy (non-hydrogen) atoms. The van der Waals surface area contributed by atoms with Gasteiger partial charge in [0.25, 0.3) is 0 Å². The summed E-state index contributed by atoms with van der Waals surface area (Å²) in [6, 6.07) is 28.8. The van der Waals surface area contributed by atoms with Gasteiger partial charge in [0.1, 0.15) is 11.3 Å². The highest BCUT2D eigenvalue weighted by atomic mass is 79.9. The minimum atomic E-state index is 0.837. The van der Waals surface area contributed by atoms with Gasteiger partial charge in [0.15, 0.2) is 5.65 Å². The van der Waals surface area contributed by atoms with Crippen LogP contribution in [0.2, 0.25) is 0 Å². The van der Waals surface area contributed by atoms with Crippen LogP contribution in [0.1, 0.15) is 0 Å². The molecule has 5 aromatic rings. The first-order valence-corrected chi connectivity index (χ1v) is 10.7. The van der Waals surface area contributed by atoms with Crippen LogP contribution < -0.4 is 0 Å². The SMILES string of the molecule is Brc1cc(Br)cc(-c2nc3c(-c4ccccc4)ccnc3n2-c2ccccc2)c1. The number of hydrogen-bond donors (Lipinski definition) is 0. The maximum absolute atomic E-state index is 5.08. The summed E-state index contributed by atoms with van der Waals surface area (Å²) in [5, 5.41) is 0. The zero-order chi connectivity index (χ0) is 19.8. The molecule has 0 aliphatic rings. The molecule has 0 aliphatic heterocycles. The normalized spacial score (nSPS) is 11.1. The maximum Gasteiger partial charge on any atom is 0.165 e. The van der Waals surface area contributed by atoms with Crippen LogP contribution in [0.3, 0.4) is 0 Å². The Hall–Kier alpha value is -2.76. The zero-order valence-corrected chi connectivity index (χ0v) is 18.4. The van der Waals surface area contributed by atoms with Crippen molar-refractivity contribution in [1.29, 1.82) is 0 Å². The van der Waals surface area contributed by atoms with Crippen LogP contribution in [0.5, 0.6) is 0 Å². The van der Waals surface area contributed by atoms with Gasteiger partial charge in [-0.1, -0.05) is 80.4 Å². The van der Waals surface area contributed by atoms with Gasteiger partial charge in [-0.2, -0.15) is 0 Å². The van der Waals surface area contributed by atoms with Gasteiger partial charge in [0, 0.05) is 32.0 Å². The molecule has 0 fully saturated rings. The average Bonchev–Trinajstić information content (AvgIpc) is 3.14. The highest BCUT2D eigenvalue weighted by molar-refractivity contribution is 9.11. The molecule has 0 spiro atoms. The third-order valence-corrected chi connectivity index (χ3v) is 5.68. The largest absolute Gasteiger partial charge is 0.277 e. The first kappa shape index (κ1) is 18.3. The number of halogens is 2. The fourth-order valence-electron chi connectivity index (χ4n) is 3.52. The van der Waals surface area contributed by atoms with Crippen molar-refractivity contribution in [2.75, 3.05) is 0 Å². The molecule has 2 aromatic heterocycles. The highest BCUT2D eigenvalue weighted by Crippen LogP contribution is 2.35. The standard InChI is InChI=1S/C24H15Br2N3/c25-18-13-17(14-19(26)15-18)23-28-22-21(16-7-3-1-4-8-16)11-12-27-24(22)29(23)20-9-5-2-6-10-20/h1-15H. The van der Waals surface area contributed by atoms with E-state index < -0.39 is 0 Å². The number of pyridine rings is 1. The predicted molar refractivity (Wildman–Crippen MR) is 125 cm³/mol. The van der Waals surface area contributed by atoms with E-state index in [9.17, 15) is 0 Å². The fraction of sp³-hybridized carbons (Fsp3) is 0. The van der Waals surface area contributed by atoms with Gasteiger partial charge >= 0.3 is 0 Å². The third kappa shape index (κ3) is 3.41. The van der Waals surface area contributed by atoms with Gasteiger partial charge in [-0.25, -0.2) is 9.97 Å². The summed E-state index contributed by atoms with van der Waals surface area (Å²) in [5.74, 6) is 0.851. The summed E-state index contributed by atoms with van der Waals surface area (Å²) in [5.41, 5.74) is 5.95. The number of nitrogens with zero attached hydrogens (tertiary/aromatic N) is 3. The van der Waals surface area contributed by atoms with Crippen molar-refractivity contribution >= 4 is 43.0 Å². The lowest BCUT2D eigenvalue weighted by molar-refractivity contribution is 1.08. The lowest BCUT2D eigenvalue weighted by Gasteiger charge is -2.09. The lowest BCUT2D eigenvalue weighted by Crippen LogP contribution is -1.98. The van der Waals surface area contributed by atoms with Crippen molar-refractivity contribution in [2.24, 2.45) is 0 Å². The first-order chi connectivity index (χ1) is 14.2. The molecule has 0 saturated carbocycles. The lowest BCUT2D eigenvalue weighted by atomic mass is 10.1. The molecule has 0 radical (unpaired) electrons. The molecule has 0 unspecified atom stereocenters. The van der Waals surface area contributed by atoms with E-state index in [0.29, 0.717) is 0 Å². The van der Waals surface area contributed by atoms with E-state index in [0.717, 1.165) is 48.3 Å². The molecular formula is C24H15Br2N3. The maximum atomic E-state index is 5.08. The topological polar surface area (TPSA) is 30.7 Å². The molecule has 5 rings (SSSR count). The minimum Gasteiger partial charge on any atom is -0.277 e. The molecule has 140 valence electrons. The number of imidazole rings is 1. The highest BCUT2D eigenvalue weighted by Gasteiger charge is 2.19.